The van der Waals surface area contributed by atoms with Crippen LogP contribution in [0.15, 0.2) is 16.6 Å². The molecule has 1 aliphatic heterocycles. The number of halogens is 2. The summed E-state index contributed by atoms with van der Waals surface area (Å²) in [6.07, 6.45) is -0.362. The first kappa shape index (κ1) is 16.2. The monoisotopic (exact) mass is 359 g/mol. The second-order valence-corrected chi connectivity index (χ2v) is 6.53. The van der Waals surface area contributed by atoms with Gasteiger partial charge in [0.1, 0.15) is 5.84 Å². The molecule has 0 aliphatic carbocycles. The molecule has 7 heteroatoms. The lowest BCUT2D eigenvalue weighted by Crippen LogP contribution is -2.54. The first-order chi connectivity index (χ1) is 9.75. The normalized spacial score (nSPS) is 21.4. The van der Waals surface area contributed by atoms with Crippen LogP contribution in [-0.4, -0.2) is 42.3 Å². The van der Waals surface area contributed by atoms with Crippen LogP contribution in [0.5, 0.6) is 0 Å². The van der Waals surface area contributed by atoms with Gasteiger partial charge >= 0.3 is 0 Å². The molecule has 0 spiro atoms. The van der Waals surface area contributed by atoms with Gasteiger partial charge in [-0.1, -0.05) is 0 Å². The Morgan fingerprint density at radius 2 is 2.29 bits per heavy atom. The molecule has 116 valence electrons. The van der Waals surface area contributed by atoms with E-state index in [0.717, 1.165) is 0 Å². The van der Waals surface area contributed by atoms with Crippen molar-refractivity contribution < 1.29 is 14.2 Å². The van der Waals surface area contributed by atoms with Gasteiger partial charge in [0.2, 0.25) is 0 Å². The standard InChI is InChI=1S/C14H19BrFN3O2/c1-14(2)7-19(5-8(6-20)21-14)10-4-3-9(13(17)18)11(15)12(10)16/h3-4,8,20H,5-7H2,1-2H3,(H3,17,18). The van der Waals surface area contributed by atoms with Crippen molar-refractivity contribution in [3.8, 4) is 0 Å². The fourth-order valence-electron chi connectivity index (χ4n) is 2.57. The number of amidine groups is 1. The quantitative estimate of drug-likeness (QED) is 0.568. The lowest BCUT2D eigenvalue weighted by atomic mass is 10.0. The van der Waals surface area contributed by atoms with Gasteiger partial charge in [-0.2, -0.15) is 0 Å². The average Bonchev–Trinajstić information content (AvgIpc) is 2.39. The number of anilines is 1. The molecular weight excluding hydrogens is 341 g/mol. The van der Waals surface area contributed by atoms with E-state index in [4.69, 9.17) is 15.9 Å². The summed E-state index contributed by atoms with van der Waals surface area (Å²) in [5.74, 6) is -0.653. The van der Waals surface area contributed by atoms with Crippen molar-refractivity contribution in [2.24, 2.45) is 5.73 Å². The number of nitrogen functional groups attached to an aromatic ring is 1. The van der Waals surface area contributed by atoms with Gasteiger partial charge in [-0.3, -0.25) is 5.41 Å². The number of hydrogen-bond acceptors (Lipinski definition) is 4. The predicted molar refractivity (Wildman–Crippen MR) is 83.4 cm³/mol. The molecule has 21 heavy (non-hydrogen) atoms. The highest BCUT2D eigenvalue weighted by atomic mass is 79.9. The number of morpholine rings is 1. The summed E-state index contributed by atoms with van der Waals surface area (Å²) in [4.78, 5) is 1.84. The maximum Gasteiger partial charge on any atom is 0.161 e. The van der Waals surface area contributed by atoms with E-state index in [-0.39, 0.29) is 23.0 Å². The lowest BCUT2D eigenvalue weighted by Gasteiger charge is -2.43. The minimum atomic E-state index is -0.482. The molecule has 1 aromatic rings. The zero-order chi connectivity index (χ0) is 15.8. The lowest BCUT2D eigenvalue weighted by molar-refractivity contribution is -0.101. The molecule has 1 aromatic carbocycles. The highest BCUT2D eigenvalue weighted by Gasteiger charge is 2.34. The second-order valence-electron chi connectivity index (χ2n) is 5.74. The molecule has 1 aliphatic rings. The van der Waals surface area contributed by atoms with Gasteiger partial charge < -0.3 is 20.5 Å². The topological polar surface area (TPSA) is 82.6 Å². The minimum absolute atomic E-state index is 0.117. The molecule has 1 saturated heterocycles. The van der Waals surface area contributed by atoms with Crippen LogP contribution in [-0.2, 0) is 4.74 Å². The molecule has 1 fully saturated rings. The Balaban J connectivity index is 2.37. The van der Waals surface area contributed by atoms with Crippen molar-refractivity contribution in [3.05, 3.63) is 28.0 Å². The van der Waals surface area contributed by atoms with Crippen molar-refractivity contribution >= 4 is 27.5 Å². The first-order valence-electron chi connectivity index (χ1n) is 6.61. The molecule has 1 unspecified atom stereocenters. The highest BCUT2D eigenvalue weighted by Crippen LogP contribution is 2.32. The average molecular weight is 360 g/mol. The summed E-state index contributed by atoms with van der Waals surface area (Å²) < 4.78 is 20.5. The molecule has 0 radical (unpaired) electrons. The van der Waals surface area contributed by atoms with E-state index in [9.17, 15) is 9.50 Å². The van der Waals surface area contributed by atoms with Crippen LogP contribution in [0.1, 0.15) is 19.4 Å². The van der Waals surface area contributed by atoms with E-state index < -0.39 is 11.4 Å². The summed E-state index contributed by atoms with van der Waals surface area (Å²) >= 11 is 3.16. The zero-order valence-electron chi connectivity index (χ0n) is 12.0. The third kappa shape index (κ3) is 3.36. The van der Waals surface area contributed by atoms with E-state index in [1.807, 2.05) is 18.7 Å². The number of nitrogens with zero attached hydrogens (tertiary/aromatic N) is 1. The summed E-state index contributed by atoms with van der Waals surface area (Å²) in [6.45, 7) is 4.60. The first-order valence-corrected chi connectivity index (χ1v) is 7.40. The SMILES string of the molecule is CC1(C)CN(c2ccc(C(=N)N)c(Br)c2F)CC(CO)O1. The zero-order valence-corrected chi connectivity index (χ0v) is 13.6. The highest BCUT2D eigenvalue weighted by molar-refractivity contribution is 9.10. The van der Waals surface area contributed by atoms with Gasteiger partial charge in [0.25, 0.3) is 0 Å². The van der Waals surface area contributed by atoms with E-state index in [2.05, 4.69) is 15.9 Å². The van der Waals surface area contributed by atoms with Gasteiger partial charge in [0.15, 0.2) is 5.82 Å². The Kier molecular flexibility index (Phi) is 4.55. The molecule has 1 atom stereocenters. The maximum atomic E-state index is 14.5. The summed E-state index contributed by atoms with van der Waals surface area (Å²) in [5.41, 5.74) is 5.66. The van der Waals surface area contributed by atoms with Crippen LogP contribution in [0.4, 0.5) is 10.1 Å². The van der Waals surface area contributed by atoms with E-state index in [1.165, 1.54) is 0 Å². The smallest absolute Gasteiger partial charge is 0.161 e. The van der Waals surface area contributed by atoms with Gasteiger partial charge in [-0.05, 0) is 41.9 Å². The maximum absolute atomic E-state index is 14.5. The van der Waals surface area contributed by atoms with E-state index >= 15 is 0 Å². The molecule has 0 amide bonds. The molecule has 0 aromatic heterocycles. The number of aliphatic hydroxyl groups is 1. The number of aliphatic hydroxyl groups excluding tert-OH is 1. The number of hydrogen-bond donors (Lipinski definition) is 3. The van der Waals surface area contributed by atoms with Crippen LogP contribution in [0.2, 0.25) is 0 Å². The summed E-state index contributed by atoms with van der Waals surface area (Å²) in [7, 11) is 0. The van der Waals surface area contributed by atoms with Crippen molar-refractivity contribution in [3.63, 3.8) is 0 Å². The van der Waals surface area contributed by atoms with E-state index in [0.29, 0.717) is 24.3 Å². The molecular formula is C14H19BrFN3O2. The molecule has 2 rings (SSSR count). The van der Waals surface area contributed by atoms with Gasteiger partial charge in [-0.25, -0.2) is 4.39 Å². The minimum Gasteiger partial charge on any atom is -0.394 e. The van der Waals surface area contributed by atoms with Gasteiger partial charge in [0.05, 0.1) is 28.5 Å². The fraction of sp³-hybridized carbons (Fsp3) is 0.500. The van der Waals surface area contributed by atoms with Crippen molar-refractivity contribution in [1.29, 1.82) is 5.41 Å². The molecule has 4 N–H and O–H groups in total. The number of rotatable bonds is 3. The number of nitrogens with one attached hydrogen (secondary N) is 1. The van der Waals surface area contributed by atoms with Gasteiger partial charge in [-0.15, -0.1) is 0 Å². The van der Waals surface area contributed by atoms with Crippen molar-refractivity contribution in [2.45, 2.75) is 25.6 Å². The number of ether oxygens (including phenoxy) is 1. The van der Waals surface area contributed by atoms with Crippen molar-refractivity contribution in [1.82, 2.24) is 0 Å². The van der Waals surface area contributed by atoms with Crippen LogP contribution >= 0.6 is 15.9 Å². The Hall–Kier alpha value is -1.18. The predicted octanol–water partition coefficient (Wildman–Crippen LogP) is 1.85. The van der Waals surface area contributed by atoms with Crippen LogP contribution in [0, 0.1) is 11.2 Å². The summed E-state index contributed by atoms with van der Waals surface area (Å²) in [5, 5.41) is 16.8. The third-order valence-corrected chi connectivity index (χ3v) is 4.15. The Morgan fingerprint density at radius 3 is 2.86 bits per heavy atom. The van der Waals surface area contributed by atoms with Crippen molar-refractivity contribution in [2.75, 3.05) is 24.6 Å². The fourth-order valence-corrected chi connectivity index (χ4v) is 3.11. The molecule has 1 heterocycles. The Morgan fingerprint density at radius 1 is 1.62 bits per heavy atom. The Bertz CT molecular complexity index is 565. The molecule has 5 nitrogen and oxygen atoms in total. The summed E-state index contributed by atoms with van der Waals surface area (Å²) in [6, 6.07) is 3.22. The van der Waals surface area contributed by atoms with Crippen LogP contribution in [0.25, 0.3) is 0 Å². The van der Waals surface area contributed by atoms with E-state index in [1.54, 1.807) is 12.1 Å². The molecule has 0 bridgehead atoms. The largest absolute Gasteiger partial charge is 0.394 e. The Labute approximate surface area is 131 Å². The third-order valence-electron chi connectivity index (χ3n) is 3.38. The van der Waals surface area contributed by atoms with Crippen LogP contribution in [0.3, 0.4) is 0 Å². The number of nitrogens with two attached hydrogens (primary N) is 1. The van der Waals surface area contributed by atoms with Gasteiger partial charge in [0, 0.05) is 18.7 Å². The molecule has 0 saturated carbocycles. The second kappa shape index (κ2) is 5.90. The number of benzene rings is 1. The van der Waals surface area contributed by atoms with Crippen LogP contribution < -0.4 is 10.6 Å².